The number of amides is 1. The monoisotopic (exact) mass is 341 g/mol. The largest absolute Gasteiger partial charge is 0.300 e. The van der Waals surface area contributed by atoms with E-state index in [0.29, 0.717) is 9.47 Å². The maximum atomic E-state index is 13.5. The highest BCUT2D eigenvalue weighted by atomic mass is 32.2. The minimum absolute atomic E-state index is 0.0184. The second-order valence-electron chi connectivity index (χ2n) is 5.01. The topological polar surface area (TPSA) is 54.9 Å². The average molecular weight is 341 g/mol. The van der Waals surface area contributed by atoms with Crippen molar-refractivity contribution in [3.63, 3.8) is 0 Å². The Hall–Kier alpha value is -1.54. The fourth-order valence-corrected chi connectivity index (χ4v) is 3.72. The van der Waals surface area contributed by atoms with Crippen molar-refractivity contribution >= 4 is 34.1 Å². The van der Waals surface area contributed by atoms with Crippen molar-refractivity contribution < 1.29 is 13.6 Å². The number of nitrogens with one attached hydrogen (secondary N) is 1. The molecule has 0 radical (unpaired) electrons. The summed E-state index contributed by atoms with van der Waals surface area (Å²) in [6, 6.07) is 3.36. The van der Waals surface area contributed by atoms with Crippen LogP contribution in [0.5, 0.6) is 0 Å². The first-order chi connectivity index (χ1) is 10.6. The molecule has 1 saturated carbocycles. The minimum atomic E-state index is -0.470. The number of benzene rings is 1. The van der Waals surface area contributed by atoms with Gasteiger partial charge in [-0.25, -0.2) is 8.78 Å². The Balaban J connectivity index is 1.57. The van der Waals surface area contributed by atoms with Gasteiger partial charge in [0, 0.05) is 17.2 Å². The Morgan fingerprint density at radius 3 is 2.91 bits per heavy atom. The van der Waals surface area contributed by atoms with E-state index in [0.717, 1.165) is 31.4 Å². The zero-order valence-electron chi connectivity index (χ0n) is 11.5. The standard InChI is InChI=1S/C14H13F2N3OS2/c15-10-4-5-11(16)9(6-10)7-21-14-19-18-13(22-14)17-12(20)8-2-1-3-8/h4-6,8H,1-3,7H2,(H,17,18,20). The lowest BCUT2D eigenvalue weighted by Crippen LogP contribution is -2.27. The summed E-state index contributed by atoms with van der Waals surface area (Å²) in [5.41, 5.74) is 0.278. The lowest BCUT2D eigenvalue weighted by molar-refractivity contribution is -0.122. The van der Waals surface area contributed by atoms with Gasteiger partial charge >= 0.3 is 0 Å². The zero-order valence-corrected chi connectivity index (χ0v) is 13.1. The summed E-state index contributed by atoms with van der Waals surface area (Å²) in [4.78, 5) is 11.8. The molecule has 0 bridgehead atoms. The quantitative estimate of drug-likeness (QED) is 0.663. The lowest BCUT2D eigenvalue weighted by atomic mass is 9.85. The van der Waals surface area contributed by atoms with Crippen LogP contribution in [0, 0.1) is 17.6 Å². The van der Waals surface area contributed by atoms with E-state index in [2.05, 4.69) is 15.5 Å². The first-order valence-electron chi connectivity index (χ1n) is 6.83. The summed E-state index contributed by atoms with van der Waals surface area (Å²) < 4.78 is 27.2. The molecule has 1 N–H and O–H groups in total. The molecule has 1 heterocycles. The SMILES string of the molecule is O=C(Nc1nnc(SCc2cc(F)ccc2F)s1)C1CCC1. The Bertz CT molecular complexity index is 688. The van der Waals surface area contributed by atoms with Crippen molar-refractivity contribution in [2.45, 2.75) is 29.4 Å². The van der Waals surface area contributed by atoms with Crippen molar-refractivity contribution in [2.24, 2.45) is 5.92 Å². The van der Waals surface area contributed by atoms with Gasteiger partial charge in [0.1, 0.15) is 11.6 Å². The minimum Gasteiger partial charge on any atom is -0.300 e. The van der Waals surface area contributed by atoms with Crippen molar-refractivity contribution in [1.82, 2.24) is 10.2 Å². The van der Waals surface area contributed by atoms with Crippen LogP contribution in [0.4, 0.5) is 13.9 Å². The molecule has 2 aromatic rings. The molecule has 0 saturated heterocycles. The number of anilines is 1. The van der Waals surface area contributed by atoms with Crippen molar-refractivity contribution in [1.29, 1.82) is 0 Å². The number of halogens is 2. The number of aromatic nitrogens is 2. The molecular weight excluding hydrogens is 328 g/mol. The van der Waals surface area contributed by atoms with Crippen molar-refractivity contribution in [3.05, 3.63) is 35.4 Å². The number of hydrogen-bond acceptors (Lipinski definition) is 5. The number of hydrogen-bond donors (Lipinski definition) is 1. The molecule has 3 rings (SSSR count). The van der Waals surface area contributed by atoms with E-state index in [1.165, 1.54) is 29.2 Å². The summed E-state index contributed by atoms with van der Waals surface area (Å²) in [6.45, 7) is 0. The maximum absolute atomic E-state index is 13.5. The molecule has 8 heteroatoms. The summed E-state index contributed by atoms with van der Waals surface area (Å²) in [5.74, 6) is -0.592. The maximum Gasteiger partial charge on any atom is 0.229 e. The van der Waals surface area contributed by atoms with E-state index < -0.39 is 11.6 Å². The number of nitrogens with zero attached hydrogens (tertiary/aromatic N) is 2. The van der Waals surface area contributed by atoms with Crippen LogP contribution >= 0.6 is 23.1 Å². The Kier molecular flexibility index (Phi) is 4.68. The van der Waals surface area contributed by atoms with Crippen LogP contribution in [-0.4, -0.2) is 16.1 Å². The molecule has 4 nitrogen and oxygen atoms in total. The second-order valence-corrected chi connectivity index (χ2v) is 7.21. The molecule has 1 fully saturated rings. The van der Waals surface area contributed by atoms with Gasteiger partial charge in [0.25, 0.3) is 0 Å². The average Bonchev–Trinajstić information content (AvgIpc) is 2.85. The van der Waals surface area contributed by atoms with Crippen LogP contribution in [0.2, 0.25) is 0 Å². The Labute approximate surface area is 134 Å². The van der Waals surface area contributed by atoms with Crippen LogP contribution in [0.3, 0.4) is 0 Å². The molecule has 0 spiro atoms. The number of rotatable bonds is 5. The molecule has 1 aromatic heterocycles. The molecule has 0 aliphatic heterocycles. The van der Waals surface area contributed by atoms with Crippen LogP contribution in [-0.2, 0) is 10.5 Å². The van der Waals surface area contributed by atoms with Gasteiger partial charge in [-0.3, -0.25) is 4.79 Å². The molecule has 1 aliphatic rings. The Morgan fingerprint density at radius 1 is 1.36 bits per heavy atom. The highest BCUT2D eigenvalue weighted by molar-refractivity contribution is 8.00. The van der Waals surface area contributed by atoms with Gasteiger partial charge in [-0.1, -0.05) is 29.5 Å². The third-order valence-corrected chi connectivity index (χ3v) is 5.49. The second kappa shape index (κ2) is 6.70. The fourth-order valence-electron chi connectivity index (χ4n) is 1.99. The highest BCUT2D eigenvalue weighted by Crippen LogP contribution is 2.31. The molecule has 0 atom stereocenters. The first-order valence-corrected chi connectivity index (χ1v) is 8.63. The first kappa shape index (κ1) is 15.4. The van der Waals surface area contributed by atoms with Gasteiger partial charge in [0.2, 0.25) is 11.0 Å². The lowest BCUT2D eigenvalue weighted by Gasteiger charge is -2.23. The van der Waals surface area contributed by atoms with Crippen LogP contribution in [0.15, 0.2) is 22.5 Å². The van der Waals surface area contributed by atoms with E-state index >= 15 is 0 Å². The van der Waals surface area contributed by atoms with E-state index in [4.69, 9.17) is 0 Å². The summed E-state index contributed by atoms with van der Waals surface area (Å²) in [5, 5.41) is 11.0. The normalized spacial score (nSPS) is 14.6. The fraction of sp³-hybridized carbons (Fsp3) is 0.357. The van der Waals surface area contributed by atoms with E-state index in [-0.39, 0.29) is 23.1 Å². The molecule has 1 aromatic carbocycles. The van der Waals surface area contributed by atoms with Crippen molar-refractivity contribution in [3.8, 4) is 0 Å². The van der Waals surface area contributed by atoms with Gasteiger partial charge in [-0.05, 0) is 31.0 Å². The summed E-state index contributed by atoms with van der Waals surface area (Å²) in [7, 11) is 0. The third-order valence-electron chi connectivity index (χ3n) is 3.47. The van der Waals surface area contributed by atoms with E-state index in [1.807, 2.05) is 0 Å². The summed E-state index contributed by atoms with van der Waals surface area (Å²) in [6.07, 6.45) is 2.94. The Morgan fingerprint density at radius 2 is 2.18 bits per heavy atom. The zero-order chi connectivity index (χ0) is 15.5. The summed E-state index contributed by atoms with van der Waals surface area (Å²) >= 11 is 2.49. The van der Waals surface area contributed by atoms with Crippen LogP contribution in [0.25, 0.3) is 0 Å². The van der Waals surface area contributed by atoms with Gasteiger partial charge < -0.3 is 5.32 Å². The van der Waals surface area contributed by atoms with E-state index in [9.17, 15) is 13.6 Å². The molecule has 116 valence electrons. The molecule has 22 heavy (non-hydrogen) atoms. The number of carbonyl (C=O) groups is 1. The van der Waals surface area contributed by atoms with Crippen LogP contribution in [0.1, 0.15) is 24.8 Å². The molecule has 0 unspecified atom stereocenters. The number of thioether (sulfide) groups is 1. The van der Waals surface area contributed by atoms with Gasteiger partial charge in [-0.15, -0.1) is 10.2 Å². The van der Waals surface area contributed by atoms with Gasteiger partial charge in [-0.2, -0.15) is 0 Å². The smallest absolute Gasteiger partial charge is 0.229 e. The predicted molar refractivity (Wildman–Crippen MR) is 81.8 cm³/mol. The highest BCUT2D eigenvalue weighted by Gasteiger charge is 2.26. The van der Waals surface area contributed by atoms with E-state index in [1.54, 1.807) is 0 Å². The molecule has 1 aliphatic carbocycles. The third kappa shape index (κ3) is 3.61. The number of carbonyl (C=O) groups excluding carboxylic acids is 1. The molecule has 1 amide bonds. The predicted octanol–water partition coefficient (Wildman–Crippen LogP) is 3.85. The van der Waals surface area contributed by atoms with Crippen molar-refractivity contribution in [2.75, 3.05) is 5.32 Å². The van der Waals surface area contributed by atoms with Gasteiger partial charge in [0.05, 0.1) is 0 Å². The van der Waals surface area contributed by atoms with Crippen LogP contribution < -0.4 is 5.32 Å². The van der Waals surface area contributed by atoms with Gasteiger partial charge in [0.15, 0.2) is 4.34 Å². The molecular formula is C14H13F2N3OS2.